The average Bonchev–Trinajstić information content (AvgIpc) is 2.79. The summed E-state index contributed by atoms with van der Waals surface area (Å²) >= 11 is 0. The predicted octanol–water partition coefficient (Wildman–Crippen LogP) is 2.65. The smallest absolute Gasteiger partial charge is 0.259 e. The van der Waals surface area contributed by atoms with Crippen molar-refractivity contribution < 1.29 is 13.2 Å². The Hall–Kier alpha value is -3.76. The summed E-state index contributed by atoms with van der Waals surface area (Å²) in [6, 6.07) is 11.6. The molecule has 4 aromatic rings. The molecule has 3 N–H and O–H groups in total. The van der Waals surface area contributed by atoms with Crippen LogP contribution in [0.15, 0.2) is 70.7 Å². The largest absolute Gasteiger partial charge is 0.495 e. The van der Waals surface area contributed by atoms with Gasteiger partial charge in [-0.25, -0.2) is 18.1 Å². The first-order valence-electron chi connectivity index (χ1n) is 9.24. The summed E-state index contributed by atoms with van der Waals surface area (Å²) in [5.74, 6) is 0.862. The molecule has 0 aliphatic carbocycles. The van der Waals surface area contributed by atoms with Gasteiger partial charge in [0, 0.05) is 23.6 Å². The van der Waals surface area contributed by atoms with Crippen LogP contribution in [0.2, 0.25) is 0 Å². The van der Waals surface area contributed by atoms with Crippen molar-refractivity contribution in [3.8, 4) is 17.0 Å². The summed E-state index contributed by atoms with van der Waals surface area (Å²) in [7, 11) is -0.731. The number of ether oxygens (including phenoxy) is 1. The van der Waals surface area contributed by atoms with Gasteiger partial charge in [0.15, 0.2) is 0 Å². The highest BCUT2D eigenvalue weighted by atomic mass is 32.2. The number of methoxy groups -OCH3 is 1. The molecular weight excluding hydrogens is 418 g/mol. The third-order valence-electron chi connectivity index (χ3n) is 4.67. The monoisotopic (exact) mass is 437 g/mol. The minimum atomic E-state index is -3.62. The number of rotatable bonds is 6. The van der Waals surface area contributed by atoms with Crippen molar-refractivity contribution in [3.05, 3.63) is 71.4 Å². The maximum absolute atomic E-state index is 12.5. The minimum absolute atomic E-state index is 0.0892. The van der Waals surface area contributed by atoms with Gasteiger partial charge in [0.05, 0.1) is 29.3 Å². The van der Waals surface area contributed by atoms with Gasteiger partial charge in [-0.3, -0.25) is 9.78 Å². The second-order valence-electron chi connectivity index (χ2n) is 6.60. The van der Waals surface area contributed by atoms with Gasteiger partial charge in [-0.05, 0) is 48.8 Å². The Kier molecular flexibility index (Phi) is 5.40. The number of nitrogens with zero attached hydrogens (tertiary/aromatic N) is 2. The van der Waals surface area contributed by atoms with E-state index in [9.17, 15) is 13.2 Å². The molecule has 10 heteroatoms. The maximum Gasteiger partial charge on any atom is 0.259 e. The van der Waals surface area contributed by atoms with Crippen LogP contribution in [0.1, 0.15) is 0 Å². The maximum atomic E-state index is 12.5. The van der Waals surface area contributed by atoms with Crippen LogP contribution >= 0.6 is 0 Å². The number of aromatic nitrogens is 3. The molecule has 0 spiro atoms. The van der Waals surface area contributed by atoms with Crippen LogP contribution in [0, 0.1) is 0 Å². The Labute approximate surface area is 178 Å². The highest BCUT2D eigenvalue weighted by molar-refractivity contribution is 7.89. The molecule has 3 heterocycles. The van der Waals surface area contributed by atoms with Gasteiger partial charge < -0.3 is 15.0 Å². The second kappa shape index (κ2) is 8.17. The van der Waals surface area contributed by atoms with Gasteiger partial charge in [-0.2, -0.15) is 0 Å². The number of aromatic amines is 1. The fourth-order valence-electron chi connectivity index (χ4n) is 3.12. The Balaban J connectivity index is 1.87. The lowest BCUT2D eigenvalue weighted by Gasteiger charge is -2.12. The number of H-pyrrole nitrogens is 1. The molecule has 0 aliphatic heterocycles. The highest BCUT2D eigenvalue weighted by Crippen LogP contribution is 2.29. The summed E-state index contributed by atoms with van der Waals surface area (Å²) in [6.45, 7) is 0. The first kappa shape index (κ1) is 20.5. The molecule has 0 saturated carbocycles. The van der Waals surface area contributed by atoms with Crippen molar-refractivity contribution in [1.29, 1.82) is 0 Å². The Morgan fingerprint density at radius 2 is 1.94 bits per heavy atom. The van der Waals surface area contributed by atoms with Crippen LogP contribution < -0.4 is 20.3 Å². The van der Waals surface area contributed by atoms with E-state index in [1.807, 2.05) is 0 Å². The van der Waals surface area contributed by atoms with Crippen LogP contribution in [-0.2, 0) is 10.0 Å². The molecule has 158 valence electrons. The standard InChI is InChI=1S/C21H19N5O4S/c1-22-31(28,29)17-5-3-4-15(10-17)25-20-19-13(6-7-24-21(19)27)9-18(26-20)14-8-16(30-2)12-23-11-14/h3-12,22H,1-2H3,(H,24,27)(H,25,26). The van der Waals surface area contributed by atoms with Crippen molar-refractivity contribution in [3.63, 3.8) is 0 Å². The Morgan fingerprint density at radius 3 is 2.71 bits per heavy atom. The van der Waals surface area contributed by atoms with E-state index < -0.39 is 10.0 Å². The first-order chi connectivity index (χ1) is 14.9. The van der Waals surface area contributed by atoms with Gasteiger partial charge >= 0.3 is 0 Å². The van der Waals surface area contributed by atoms with E-state index in [0.29, 0.717) is 33.5 Å². The summed E-state index contributed by atoms with van der Waals surface area (Å²) < 4.78 is 31.8. The van der Waals surface area contributed by atoms with Crippen molar-refractivity contribution >= 4 is 32.3 Å². The summed E-state index contributed by atoms with van der Waals surface area (Å²) in [5, 5.41) is 4.10. The van der Waals surface area contributed by atoms with E-state index in [4.69, 9.17) is 4.74 Å². The van der Waals surface area contributed by atoms with Gasteiger partial charge in [-0.1, -0.05) is 6.07 Å². The quantitative estimate of drug-likeness (QED) is 0.423. The number of sulfonamides is 1. The summed E-state index contributed by atoms with van der Waals surface area (Å²) in [4.78, 5) is 24.1. The van der Waals surface area contributed by atoms with Crippen molar-refractivity contribution in [2.45, 2.75) is 4.90 Å². The van der Waals surface area contributed by atoms with Crippen LogP contribution in [0.5, 0.6) is 5.75 Å². The lowest BCUT2D eigenvalue weighted by atomic mass is 10.1. The second-order valence-corrected chi connectivity index (χ2v) is 8.49. The number of anilines is 2. The van der Waals surface area contributed by atoms with Crippen LogP contribution in [-0.4, -0.2) is 37.5 Å². The molecule has 1 aromatic carbocycles. The zero-order chi connectivity index (χ0) is 22.0. The lowest BCUT2D eigenvalue weighted by Crippen LogP contribution is -2.18. The zero-order valence-electron chi connectivity index (χ0n) is 16.7. The van der Waals surface area contributed by atoms with E-state index in [1.165, 1.54) is 19.2 Å². The first-order valence-corrected chi connectivity index (χ1v) is 10.7. The van der Waals surface area contributed by atoms with Crippen LogP contribution in [0.4, 0.5) is 11.5 Å². The number of hydrogen-bond donors (Lipinski definition) is 3. The van der Waals surface area contributed by atoms with E-state index in [0.717, 1.165) is 0 Å². The molecule has 0 saturated heterocycles. The number of benzene rings is 1. The third-order valence-corrected chi connectivity index (χ3v) is 6.09. The van der Waals surface area contributed by atoms with E-state index in [2.05, 4.69) is 25.0 Å². The van der Waals surface area contributed by atoms with E-state index >= 15 is 0 Å². The molecule has 0 atom stereocenters. The fraction of sp³-hybridized carbons (Fsp3) is 0.0952. The van der Waals surface area contributed by atoms with Gasteiger partial charge in [0.25, 0.3) is 5.56 Å². The molecule has 0 unspecified atom stereocenters. The van der Waals surface area contributed by atoms with Gasteiger partial charge in [0.2, 0.25) is 10.0 Å². The van der Waals surface area contributed by atoms with Crippen LogP contribution in [0.25, 0.3) is 22.0 Å². The van der Waals surface area contributed by atoms with Gasteiger partial charge in [-0.15, -0.1) is 0 Å². The van der Waals surface area contributed by atoms with Crippen molar-refractivity contribution in [2.75, 3.05) is 19.5 Å². The summed E-state index contributed by atoms with van der Waals surface area (Å²) in [6.07, 6.45) is 4.79. The molecule has 31 heavy (non-hydrogen) atoms. The third kappa shape index (κ3) is 4.11. The molecule has 3 aromatic heterocycles. The van der Waals surface area contributed by atoms with E-state index in [1.54, 1.807) is 56.0 Å². The SMILES string of the molecule is CNS(=O)(=O)c1cccc(Nc2nc(-c3cncc(OC)c3)cc3cc[nH]c(=O)c23)c1. The Bertz CT molecular complexity index is 1430. The summed E-state index contributed by atoms with van der Waals surface area (Å²) in [5.41, 5.74) is 1.43. The average molecular weight is 437 g/mol. The molecule has 9 nitrogen and oxygen atoms in total. The number of fused-ring (bicyclic) bond motifs is 1. The topological polar surface area (TPSA) is 126 Å². The van der Waals surface area contributed by atoms with E-state index in [-0.39, 0.29) is 16.3 Å². The van der Waals surface area contributed by atoms with Crippen molar-refractivity contribution in [1.82, 2.24) is 19.7 Å². The van der Waals surface area contributed by atoms with Gasteiger partial charge in [0.1, 0.15) is 11.6 Å². The van der Waals surface area contributed by atoms with Crippen LogP contribution in [0.3, 0.4) is 0 Å². The minimum Gasteiger partial charge on any atom is -0.495 e. The molecule has 4 rings (SSSR count). The normalized spacial score (nSPS) is 11.4. The molecule has 0 bridgehead atoms. The predicted molar refractivity (Wildman–Crippen MR) is 118 cm³/mol. The molecule has 0 radical (unpaired) electrons. The Morgan fingerprint density at radius 1 is 1.10 bits per heavy atom. The molecule has 0 aliphatic rings. The molecular formula is C21H19N5O4S. The van der Waals surface area contributed by atoms with Crippen molar-refractivity contribution in [2.24, 2.45) is 0 Å². The molecule has 0 fully saturated rings. The number of pyridine rings is 3. The zero-order valence-corrected chi connectivity index (χ0v) is 17.5. The number of hydrogen-bond acceptors (Lipinski definition) is 7. The number of nitrogens with one attached hydrogen (secondary N) is 3. The lowest BCUT2D eigenvalue weighted by molar-refractivity contribution is 0.413. The highest BCUT2D eigenvalue weighted by Gasteiger charge is 2.15. The fourth-order valence-corrected chi connectivity index (χ4v) is 3.89. The molecule has 0 amide bonds.